The van der Waals surface area contributed by atoms with Gasteiger partial charge in [-0.05, 0) is 35.7 Å². The molecule has 2 heterocycles. The van der Waals surface area contributed by atoms with Gasteiger partial charge in [-0.3, -0.25) is 4.90 Å². The smallest absolute Gasteiger partial charge is 0.314 e. The van der Waals surface area contributed by atoms with Gasteiger partial charge in [0, 0.05) is 17.3 Å². The van der Waals surface area contributed by atoms with Crippen LogP contribution < -0.4 is 4.90 Å². The highest BCUT2D eigenvalue weighted by Gasteiger charge is 2.53. The Balaban J connectivity index is 1.70. The lowest BCUT2D eigenvalue weighted by Gasteiger charge is -2.23. The molecule has 142 valence electrons. The molecule has 0 N–H and O–H groups in total. The van der Waals surface area contributed by atoms with Gasteiger partial charge in [0.25, 0.3) is 0 Å². The van der Waals surface area contributed by atoms with Crippen LogP contribution in [0.5, 0.6) is 0 Å². The second-order valence-corrected chi connectivity index (χ2v) is 9.66. The fraction of sp³-hybridized carbons (Fsp3) is 0.350. The molecule has 2 atom stereocenters. The SMILES string of the molecule is CCc1ccc(N2C(=O)N(Cc3ccccc3Cl)[C@@H]3CS(=O)(=O)C[C@H]32)cc1. The first-order valence-electron chi connectivity index (χ1n) is 9.02. The molecule has 7 heteroatoms. The van der Waals surface area contributed by atoms with Gasteiger partial charge in [-0.2, -0.15) is 0 Å². The Morgan fingerprint density at radius 1 is 1.04 bits per heavy atom. The highest BCUT2D eigenvalue weighted by Crippen LogP contribution is 2.36. The lowest BCUT2D eigenvalue weighted by molar-refractivity contribution is 0.206. The topological polar surface area (TPSA) is 57.7 Å². The van der Waals surface area contributed by atoms with E-state index in [1.807, 2.05) is 42.5 Å². The van der Waals surface area contributed by atoms with Crippen LogP contribution in [0.25, 0.3) is 0 Å². The lowest BCUT2D eigenvalue weighted by Crippen LogP contribution is -2.37. The van der Waals surface area contributed by atoms with Crippen LogP contribution in [-0.2, 0) is 22.8 Å². The zero-order chi connectivity index (χ0) is 19.2. The van der Waals surface area contributed by atoms with E-state index in [1.54, 1.807) is 15.9 Å². The average molecular weight is 405 g/mol. The Labute approximate surface area is 164 Å². The summed E-state index contributed by atoms with van der Waals surface area (Å²) in [7, 11) is -3.19. The van der Waals surface area contributed by atoms with Gasteiger partial charge in [0.1, 0.15) is 0 Å². The van der Waals surface area contributed by atoms with E-state index in [1.165, 1.54) is 5.56 Å². The number of nitrogens with zero attached hydrogens (tertiary/aromatic N) is 2. The van der Waals surface area contributed by atoms with E-state index in [2.05, 4.69) is 6.92 Å². The van der Waals surface area contributed by atoms with Crippen LogP contribution in [-0.4, -0.2) is 42.9 Å². The molecule has 27 heavy (non-hydrogen) atoms. The minimum absolute atomic E-state index is 0.00203. The van der Waals surface area contributed by atoms with Crippen LogP contribution in [0.2, 0.25) is 5.02 Å². The molecule has 2 saturated heterocycles. The number of urea groups is 1. The largest absolute Gasteiger partial charge is 0.325 e. The summed E-state index contributed by atoms with van der Waals surface area (Å²) >= 11 is 6.27. The minimum Gasteiger partial charge on any atom is -0.314 e. The molecule has 2 fully saturated rings. The molecule has 0 unspecified atom stereocenters. The van der Waals surface area contributed by atoms with Crippen LogP contribution >= 0.6 is 11.6 Å². The minimum atomic E-state index is -3.19. The Kier molecular flexibility index (Phi) is 4.64. The van der Waals surface area contributed by atoms with Gasteiger partial charge in [0.2, 0.25) is 0 Å². The van der Waals surface area contributed by atoms with E-state index < -0.39 is 9.84 Å². The molecule has 2 aromatic rings. The number of amides is 2. The van der Waals surface area contributed by atoms with E-state index in [0.29, 0.717) is 11.6 Å². The number of rotatable bonds is 4. The van der Waals surface area contributed by atoms with Crippen molar-refractivity contribution in [2.75, 3.05) is 16.4 Å². The number of hydrogen-bond donors (Lipinski definition) is 0. The second-order valence-electron chi connectivity index (χ2n) is 7.10. The predicted octanol–water partition coefficient (Wildman–Crippen LogP) is 3.51. The fourth-order valence-corrected chi connectivity index (χ4v) is 6.11. The number of hydrogen-bond acceptors (Lipinski definition) is 3. The average Bonchev–Trinajstić information content (AvgIpc) is 3.07. The number of sulfone groups is 1. The molecule has 0 radical (unpaired) electrons. The number of carbonyl (C=O) groups is 1. The van der Waals surface area contributed by atoms with Crippen molar-refractivity contribution in [3.8, 4) is 0 Å². The quantitative estimate of drug-likeness (QED) is 0.732. The number of benzene rings is 2. The molecule has 5 nitrogen and oxygen atoms in total. The molecule has 2 aromatic carbocycles. The first-order valence-corrected chi connectivity index (χ1v) is 11.2. The summed E-state index contributed by atoms with van der Waals surface area (Å²) in [5.74, 6) is -0.00460. The Bertz CT molecular complexity index is 975. The van der Waals surface area contributed by atoms with Gasteiger partial charge in [0.15, 0.2) is 9.84 Å². The van der Waals surface area contributed by atoms with E-state index in [0.717, 1.165) is 17.7 Å². The van der Waals surface area contributed by atoms with Crippen LogP contribution in [0.15, 0.2) is 48.5 Å². The van der Waals surface area contributed by atoms with Gasteiger partial charge in [-0.25, -0.2) is 13.2 Å². The summed E-state index contributed by atoms with van der Waals surface area (Å²) in [5, 5.41) is 0.577. The van der Waals surface area contributed by atoms with Crippen molar-refractivity contribution in [3.05, 3.63) is 64.7 Å². The van der Waals surface area contributed by atoms with Crippen molar-refractivity contribution >= 4 is 33.2 Å². The number of halogens is 1. The molecule has 0 saturated carbocycles. The number of anilines is 1. The van der Waals surface area contributed by atoms with E-state index >= 15 is 0 Å². The van der Waals surface area contributed by atoms with Crippen molar-refractivity contribution in [2.24, 2.45) is 0 Å². The molecular formula is C20H21ClN2O3S. The predicted molar refractivity (Wildman–Crippen MR) is 107 cm³/mol. The summed E-state index contributed by atoms with van der Waals surface area (Å²) in [6.07, 6.45) is 0.910. The van der Waals surface area contributed by atoms with Gasteiger partial charge in [-0.1, -0.05) is 48.9 Å². The summed E-state index contributed by atoms with van der Waals surface area (Å²) in [6.45, 7) is 2.37. The van der Waals surface area contributed by atoms with E-state index in [4.69, 9.17) is 11.6 Å². The maximum Gasteiger partial charge on any atom is 0.325 e. The fourth-order valence-electron chi connectivity index (χ4n) is 3.97. The summed E-state index contributed by atoms with van der Waals surface area (Å²) in [4.78, 5) is 16.5. The van der Waals surface area contributed by atoms with Crippen molar-refractivity contribution in [2.45, 2.75) is 32.0 Å². The van der Waals surface area contributed by atoms with Crippen molar-refractivity contribution in [1.29, 1.82) is 0 Å². The van der Waals surface area contributed by atoms with Crippen LogP contribution in [0.1, 0.15) is 18.1 Å². The lowest BCUT2D eigenvalue weighted by atomic mass is 10.1. The van der Waals surface area contributed by atoms with Gasteiger partial charge in [-0.15, -0.1) is 0 Å². The third-order valence-electron chi connectivity index (χ3n) is 5.40. The Morgan fingerprint density at radius 2 is 1.70 bits per heavy atom. The molecule has 2 amide bonds. The highest BCUT2D eigenvalue weighted by molar-refractivity contribution is 7.91. The van der Waals surface area contributed by atoms with Crippen molar-refractivity contribution in [1.82, 2.24) is 4.90 Å². The van der Waals surface area contributed by atoms with Gasteiger partial charge in [0.05, 0.1) is 23.6 Å². The monoisotopic (exact) mass is 404 g/mol. The number of aryl methyl sites for hydroxylation is 1. The summed E-state index contributed by atoms with van der Waals surface area (Å²) in [5.41, 5.74) is 2.73. The first-order chi connectivity index (χ1) is 12.9. The second kappa shape index (κ2) is 6.84. The Morgan fingerprint density at radius 3 is 2.37 bits per heavy atom. The van der Waals surface area contributed by atoms with Crippen LogP contribution in [0.3, 0.4) is 0 Å². The third-order valence-corrected chi connectivity index (χ3v) is 7.47. The molecule has 0 spiro atoms. The molecular weight excluding hydrogens is 384 g/mol. The summed E-state index contributed by atoms with van der Waals surface area (Å²) in [6, 6.07) is 14.2. The zero-order valence-electron chi connectivity index (χ0n) is 15.0. The molecule has 0 aliphatic carbocycles. The molecule has 2 aliphatic rings. The van der Waals surface area contributed by atoms with Crippen LogP contribution in [0.4, 0.5) is 10.5 Å². The van der Waals surface area contributed by atoms with Gasteiger partial charge >= 0.3 is 6.03 Å². The van der Waals surface area contributed by atoms with Crippen molar-refractivity contribution < 1.29 is 13.2 Å². The number of fused-ring (bicyclic) bond motifs is 1. The molecule has 0 bridgehead atoms. The molecule has 0 aromatic heterocycles. The Hall–Kier alpha value is -2.05. The maximum atomic E-state index is 13.2. The molecule has 4 rings (SSSR count). The highest BCUT2D eigenvalue weighted by atomic mass is 35.5. The zero-order valence-corrected chi connectivity index (χ0v) is 16.6. The maximum absolute atomic E-state index is 13.2. The standard InChI is InChI=1S/C20H21ClN2O3S/c1-2-14-7-9-16(10-8-14)23-19-13-27(25,26)12-18(19)22(20(23)24)11-15-5-3-4-6-17(15)21/h3-10,18-19H,2,11-13H2,1H3/t18-,19-/m1/s1. The van der Waals surface area contributed by atoms with Crippen molar-refractivity contribution in [3.63, 3.8) is 0 Å². The first kappa shape index (κ1) is 18.3. The van der Waals surface area contributed by atoms with Gasteiger partial charge < -0.3 is 4.90 Å². The normalized spacial score (nSPS) is 23.7. The van der Waals surface area contributed by atoms with E-state index in [-0.39, 0.29) is 29.6 Å². The summed E-state index contributed by atoms with van der Waals surface area (Å²) < 4.78 is 24.6. The third kappa shape index (κ3) is 3.32. The van der Waals surface area contributed by atoms with E-state index in [9.17, 15) is 13.2 Å². The number of carbonyl (C=O) groups excluding carboxylic acids is 1. The molecule has 2 aliphatic heterocycles. The van der Waals surface area contributed by atoms with Crippen LogP contribution in [0, 0.1) is 0 Å².